The zero-order chi connectivity index (χ0) is 22.1. The number of carboxylic acid groups (broad SMARTS) is 1. The number of halogens is 4. The molecule has 0 aromatic heterocycles. The van der Waals surface area contributed by atoms with Gasteiger partial charge < -0.3 is 19.4 Å². The number of hydrogen-bond donors (Lipinski definition) is 1. The van der Waals surface area contributed by atoms with E-state index in [1.54, 1.807) is 49.4 Å². The molecule has 0 atom stereocenters. The monoisotopic (exact) mass is 579 g/mol. The molecule has 30 heavy (non-hydrogen) atoms. The van der Waals surface area contributed by atoms with Gasteiger partial charge in [-0.15, -0.1) is 0 Å². The van der Waals surface area contributed by atoms with E-state index in [1.807, 2.05) is 0 Å². The fourth-order valence-electron chi connectivity index (χ4n) is 2.32. The fraction of sp³-hybridized carbons (Fsp3) is 0.200. The van der Waals surface area contributed by atoms with Gasteiger partial charge in [0.1, 0.15) is 25.6 Å². The van der Waals surface area contributed by atoms with Crippen LogP contribution in [0.3, 0.4) is 0 Å². The highest BCUT2D eigenvalue weighted by Crippen LogP contribution is 2.37. The van der Waals surface area contributed by atoms with E-state index in [0.29, 0.717) is 22.6 Å². The molecule has 0 aliphatic carbocycles. The standard InChI is InChI=1S/C20H17Br2Cl2NO5/c1-2-30-25-18(20(26)27)14-6-4-3-5-12(14)11-29-13-9-15(23)19(16(24)10-13)28-8-7-17(21)22/h3-7,9-10H,2,8,11H2,1H3,(H,26,27). The highest BCUT2D eigenvalue weighted by Gasteiger charge is 2.18. The first-order valence-electron chi connectivity index (χ1n) is 8.60. The zero-order valence-corrected chi connectivity index (χ0v) is 20.4. The van der Waals surface area contributed by atoms with Crippen LogP contribution in [-0.2, 0) is 16.2 Å². The van der Waals surface area contributed by atoms with E-state index < -0.39 is 5.97 Å². The third kappa shape index (κ3) is 7.19. The second kappa shape index (κ2) is 12.2. The lowest BCUT2D eigenvalue weighted by atomic mass is 10.0. The van der Waals surface area contributed by atoms with Crippen molar-refractivity contribution in [3.63, 3.8) is 0 Å². The zero-order valence-electron chi connectivity index (χ0n) is 15.7. The minimum absolute atomic E-state index is 0.0702. The number of ether oxygens (including phenoxy) is 2. The molecule has 6 nitrogen and oxygen atoms in total. The Labute approximate surface area is 200 Å². The third-order valence-electron chi connectivity index (χ3n) is 3.59. The van der Waals surface area contributed by atoms with Gasteiger partial charge in [0.15, 0.2) is 11.5 Å². The van der Waals surface area contributed by atoms with Gasteiger partial charge >= 0.3 is 5.97 Å². The number of carbonyl (C=O) groups is 1. The maximum atomic E-state index is 11.6. The van der Waals surface area contributed by atoms with Crippen molar-refractivity contribution in [1.82, 2.24) is 0 Å². The number of oxime groups is 1. The Balaban J connectivity index is 2.20. The predicted octanol–water partition coefficient (Wildman–Crippen LogP) is 6.41. The molecule has 0 radical (unpaired) electrons. The van der Waals surface area contributed by atoms with Crippen molar-refractivity contribution in [2.24, 2.45) is 5.16 Å². The summed E-state index contributed by atoms with van der Waals surface area (Å²) in [6.45, 7) is 2.30. The summed E-state index contributed by atoms with van der Waals surface area (Å²) in [4.78, 5) is 16.5. The summed E-state index contributed by atoms with van der Waals surface area (Å²) in [7, 11) is 0. The van der Waals surface area contributed by atoms with Crippen LogP contribution in [0.2, 0.25) is 10.0 Å². The summed E-state index contributed by atoms with van der Waals surface area (Å²) in [5.41, 5.74) is 0.794. The number of carboxylic acids is 1. The molecule has 0 fully saturated rings. The summed E-state index contributed by atoms with van der Waals surface area (Å²) >= 11 is 19.0. The Hall–Kier alpha value is -1.74. The lowest BCUT2D eigenvalue weighted by molar-refractivity contribution is -0.129. The molecule has 0 spiro atoms. The largest absolute Gasteiger partial charge is 0.489 e. The van der Waals surface area contributed by atoms with Gasteiger partial charge in [-0.1, -0.05) is 52.6 Å². The van der Waals surface area contributed by atoms with Crippen LogP contribution in [0.15, 0.2) is 51.0 Å². The first-order chi connectivity index (χ1) is 14.3. The van der Waals surface area contributed by atoms with Crippen LogP contribution in [0.1, 0.15) is 18.1 Å². The van der Waals surface area contributed by atoms with Gasteiger partial charge in [0.05, 0.1) is 13.4 Å². The topological polar surface area (TPSA) is 77.4 Å². The van der Waals surface area contributed by atoms with Crippen molar-refractivity contribution in [2.75, 3.05) is 13.2 Å². The number of rotatable bonds is 10. The summed E-state index contributed by atoms with van der Waals surface area (Å²) in [5.74, 6) is -0.462. The Morgan fingerprint density at radius 3 is 2.43 bits per heavy atom. The second-order valence-corrected chi connectivity index (χ2v) is 9.22. The first kappa shape index (κ1) is 24.5. The Kier molecular flexibility index (Phi) is 9.97. The smallest absolute Gasteiger partial charge is 0.358 e. The lowest BCUT2D eigenvalue weighted by Gasteiger charge is -2.13. The molecule has 10 heteroatoms. The van der Waals surface area contributed by atoms with Crippen LogP contribution < -0.4 is 9.47 Å². The minimum atomic E-state index is -1.20. The molecule has 0 heterocycles. The molecule has 0 bridgehead atoms. The van der Waals surface area contributed by atoms with Crippen molar-refractivity contribution in [3.8, 4) is 11.5 Å². The summed E-state index contributed by atoms with van der Waals surface area (Å²) < 4.78 is 12.1. The summed E-state index contributed by atoms with van der Waals surface area (Å²) in [6, 6.07) is 10.0. The molecule has 0 aliphatic heterocycles. The van der Waals surface area contributed by atoms with E-state index in [2.05, 4.69) is 37.0 Å². The molecule has 2 rings (SSSR count). The van der Waals surface area contributed by atoms with Gasteiger partial charge in [0.25, 0.3) is 0 Å². The molecule has 0 amide bonds. The molecule has 1 N–H and O–H groups in total. The van der Waals surface area contributed by atoms with Gasteiger partial charge in [-0.2, -0.15) is 0 Å². The van der Waals surface area contributed by atoms with E-state index in [4.69, 9.17) is 37.5 Å². The SMILES string of the molecule is CCON=C(C(=O)O)c1ccccc1COc1cc(Cl)c(OCC=C(Br)Br)c(Cl)c1. The van der Waals surface area contributed by atoms with Crippen LogP contribution in [0.5, 0.6) is 11.5 Å². The van der Waals surface area contributed by atoms with Crippen LogP contribution in [0.25, 0.3) is 0 Å². The maximum Gasteiger partial charge on any atom is 0.358 e. The Morgan fingerprint density at radius 1 is 1.17 bits per heavy atom. The quantitative estimate of drug-likeness (QED) is 0.259. The van der Waals surface area contributed by atoms with Crippen molar-refractivity contribution >= 4 is 66.7 Å². The molecular formula is C20H17Br2Cl2NO5. The highest BCUT2D eigenvalue weighted by atomic mass is 79.9. The normalized spacial score (nSPS) is 11.0. The molecule has 0 unspecified atom stereocenters. The molecule has 0 aliphatic rings. The molecule has 2 aromatic carbocycles. The molecule has 2 aromatic rings. The lowest BCUT2D eigenvalue weighted by Crippen LogP contribution is -2.18. The average Bonchev–Trinajstić information content (AvgIpc) is 2.69. The van der Waals surface area contributed by atoms with Crippen LogP contribution in [-0.4, -0.2) is 30.0 Å². The van der Waals surface area contributed by atoms with Gasteiger partial charge in [-0.25, -0.2) is 4.79 Å². The number of nitrogens with zero attached hydrogens (tertiary/aromatic N) is 1. The van der Waals surface area contributed by atoms with Gasteiger partial charge in [0, 0.05) is 17.7 Å². The van der Waals surface area contributed by atoms with Crippen LogP contribution in [0, 0.1) is 0 Å². The second-order valence-electron chi connectivity index (χ2n) is 5.63. The van der Waals surface area contributed by atoms with Gasteiger partial charge in [-0.3, -0.25) is 0 Å². The number of benzene rings is 2. The summed E-state index contributed by atoms with van der Waals surface area (Å²) in [5, 5.41) is 13.7. The molecule has 0 saturated heterocycles. The average molecular weight is 582 g/mol. The summed E-state index contributed by atoms with van der Waals surface area (Å²) in [6.07, 6.45) is 1.75. The van der Waals surface area contributed by atoms with E-state index in [9.17, 15) is 9.90 Å². The predicted molar refractivity (Wildman–Crippen MR) is 124 cm³/mol. The van der Waals surface area contributed by atoms with E-state index in [1.165, 1.54) is 0 Å². The Bertz CT molecular complexity index is 939. The van der Waals surface area contributed by atoms with Gasteiger partial charge in [0.2, 0.25) is 0 Å². The molecule has 0 saturated carbocycles. The third-order valence-corrected chi connectivity index (χ3v) is 4.80. The van der Waals surface area contributed by atoms with Crippen molar-refractivity contribution in [2.45, 2.75) is 13.5 Å². The Morgan fingerprint density at radius 2 is 1.83 bits per heavy atom. The minimum Gasteiger partial charge on any atom is -0.489 e. The van der Waals surface area contributed by atoms with Crippen molar-refractivity contribution < 1.29 is 24.2 Å². The highest BCUT2D eigenvalue weighted by molar-refractivity contribution is 9.28. The number of hydrogen-bond acceptors (Lipinski definition) is 5. The first-order valence-corrected chi connectivity index (χ1v) is 10.9. The molecule has 160 valence electrons. The van der Waals surface area contributed by atoms with Crippen LogP contribution in [0.4, 0.5) is 0 Å². The van der Waals surface area contributed by atoms with Crippen molar-refractivity contribution in [1.29, 1.82) is 0 Å². The van der Waals surface area contributed by atoms with Crippen LogP contribution >= 0.6 is 55.1 Å². The van der Waals surface area contributed by atoms with Gasteiger partial charge in [-0.05, 0) is 50.4 Å². The number of aliphatic carboxylic acids is 1. The fourth-order valence-corrected chi connectivity index (χ4v) is 3.16. The van der Waals surface area contributed by atoms with E-state index in [0.717, 1.165) is 3.39 Å². The van der Waals surface area contributed by atoms with E-state index >= 15 is 0 Å². The maximum absolute atomic E-state index is 11.6. The van der Waals surface area contributed by atoms with Crippen molar-refractivity contribution in [3.05, 3.63) is 67.0 Å². The molecular weight excluding hydrogens is 565 g/mol. The van der Waals surface area contributed by atoms with E-state index in [-0.39, 0.29) is 35.6 Å².